The average Bonchev–Trinajstić information content (AvgIpc) is 3.16. The second kappa shape index (κ2) is 6.97. The minimum Gasteiger partial charge on any atom is -0.460 e. The van der Waals surface area contributed by atoms with Crippen LogP contribution in [-0.2, 0) is 0 Å². The van der Waals surface area contributed by atoms with Gasteiger partial charge in [-0.15, -0.1) is 11.3 Å². The van der Waals surface area contributed by atoms with Crippen LogP contribution >= 0.6 is 34.5 Å². The first-order valence-electron chi connectivity index (χ1n) is 7.21. The molecule has 0 amide bonds. The number of hydrogen-bond acceptors (Lipinski definition) is 4. The number of aromatic nitrogens is 1. The van der Waals surface area contributed by atoms with Crippen LogP contribution in [0.5, 0.6) is 0 Å². The van der Waals surface area contributed by atoms with Crippen LogP contribution in [0.2, 0.25) is 10.0 Å². The molecule has 2 heterocycles. The Bertz CT molecular complexity index is 982. The first-order valence-corrected chi connectivity index (χ1v) is 8.84. The topological polar surface area (TPSA) is 42.8 Å². The van der Waals surface area contributed by atoms with E-state index in [1.165, 1.54) is 11.3 Å². The second-order valence-electron chi connectivity index (χ2n) is 5.16. The minimum atomic E-state index is 0.607. The van der Waals surface area contributed by atoms with Crippen molar-refractivity contribution in [3.8, 4) is 11.3 Å². The van der Waals surface area contributed by atoms with Crippen molar-refractivity contribution >= 4 is 40.3 Å². The highest BCUT2D eigenvalue weighted by Crippen LogP contribution is 2.31. The summed E-state index contributed by atoms with van der Waals surface area (Å²) in [7, 11) is 1.73. The molecule has 0 aliphatic rings. The normalized spacial score (nSPS) is 12.9. The largest absolute Gasteiger partial charge is 0.460 e. The molecule has 124 valence electrons. The van der Waals surface area contributed by atoms with Crippen LogP contribution in [0.4, 0.5) is 0 Å². The molecule has 2 aromatic heterocycles. The number of thiazole rings is 1. The molecule has 0 aliphatic carbocycles. The third-order valence-electron chi connectivity index (χ3n) is 3.43. The van der Waals surface area contributed by atoms with E-state index in [0.717, 1.165) is 33.3 Å². The summed E-state index contributed by atoms with van der Waals surface area (Å²) in [6.45, 7) is 3.80. The van der Waals surface area contributed by atoms with Gasteiger partial charge in [0.1, 0.15) is 17.2 Å². The first-order chi connectivity index (χ1) is 11.5. The van der Waals surface area contributed by atoms with Crippen LogP contribution in [0.3, 0.4) is 0 Å². The summed E-state index contributed by atoms with van der Waals surface area (Å²) in [5.41, 5.74) is 2.38. The summed E-state index contributed by atoms with van der Waals surface area (Å²) >= 11 is 14.0. The molecule has 0 radical (unpaired) electrons. The van der Waals surface area contributed by atoms with Gasteiger partial charge in [0.2, 0.25) is 4.80 Å². The maximum Gasteiger partial charge on any atom is 0.205 e. The van der Waals surface area contributed by atoms with Gasteiger partial charge in [0.05, 0.1) is 10.7 Å². The molecule has 0 unspecified atom stereocenters. The Kier molecular flexibility index (Phi) is 4.94. The average molecular weight is 380 g/mol. The molecule has 1 aromatic carbocycles. The standard InChI is InChI=1S/C17H15Cl2N3OS/c1-10-4-7-16(23-10)11(2)21-22-15(9-24-17(22)20-3)13-8-12(18)5-6-14(13)19/h4-9H,1-3H3. The summed E-state index contributed by atoms with van der Waals surface area (Å²) in [4.78, 5) is 5.04. The summed E-state index contributed by atoms with van der Waals surface area (Å²) in [5.74, 6) is 1.56. The van der Waals surface area contributed by atoms with Crippen molar-refractivity contribution in [1.82, 2.24) is 4.68 Å². The fourth-order valence-corrected chi connectivity index (χ4v) is 3.43. The lowest BCUT2D eigenvalue weighted by atomic mass is 10.2. The Morgan fingerprint density at radius 2 is 2.00 bits per heavy atom. The number of halogens is 2. The molecular formula is C17H15Cl2N3OS. The molecule has 3 aromatic rings. The van der Waals surface area contributed by atoms with Gasteiger partial charge in [-0.2, -0.15) is 5.10 Å². The zero-order chi connectivity index (χ0) is 17.3. The van der Waals surface area contributed by atoms with E-state index >= 15 is 0 Å². The smallest absolute Gasteiger partial charge is 0.205 e. The minimum absolute atomic E-state index is 0.607. The van der Waals surface area contributed by atoms with E-state index in [1.807, 2.05) is 37.4 Å². The van der Waals surface area contributed by atoms with Gasteiger partial charge < -0.3 is 4.42 Å². The van der Waals surface area contributed by atoms with Crippen molar-refractivity contribution in [3.63, 3.8) is 0 Å². The highest BCUT2D eigenvalue weighted by molar-refractivity contribution is 7.07. The Hall–Kier alpha value is -1.82. The zero-order valence-electron chi connectivity index (χ0n) is 13.4. The van der Waals surface area contributed by atoms with Gasteiger partial charge in [0.25, 0.3) is 0 Å². The number of nitrogens with zero attached hydrogens (tertiary/aromatic N) is 3. The Morgan fingerprint density at radius 1 is 1.21 bits per heavy atom. The number of benzene rings is 1. The lowest BCUT2D eigenvalue weighted by Gasteiger charge is -2.07. The predicted octanol–water partition coefficient (Wildman–Crippen LogP) is 5.23. The molecule has 3 rings (SSSR count). The number of hydrogen-bond donors (Lipinski definition) is 0. The lowest BCUT2D eigenvalue weighted by Crippen LogP contribution is -2.13. The number of rotatable bonds is 3. The highest BCUT2D eigenvalue weighted by atomic mass is 35.5. The van der Waals surface area contributed by atoms with Crippen LogP contribution in [0.1, 0.15) is 18.4 Å². The van der Waals surface area contributed by atoms with Crippen LogP contribution in [0.15, 0.2) is 50.2 Å². The lowest BCUT2D eigenvalue weighted by molar-refractivity contribution is 0.524. The first kappa shape index (κ1) is 17.0. The van der Waals surface area contributed by atoms with Crippen molar-refractivity contribution in [3.05, 3.63) is 62.1 Å². The molecule has 0 atom stereocenters. The zero-order valence-corrected chi connectivity index (χ0v) is 15.7. The van der Waals surface area contributed by atoms with Crippen molar-refractivity contribution in [2.45, 2.75) is 13.8 Å². The summed E-state index contributed by atoms with van der Waals surface area (Å²) in [5, 5.41) is 7.86. The van der Waals surface area contributed by atoms with Gasteiger partial charge in [-0.1, -0.05) is 23.2 Å². The third kappa shape index (κ3) is 3.34. The fraction of sp³-hybridized carbons (Fsp3) is 0.176. The molecule has 0 bridgehead atoms. The van der Waals surface area contributed by atoms with E-state index in [4.69, 9.17) is 27.6 Å². The molecule has 24 heavy (non-hydrogen) atoms. The van der Waals surface area contributed by atoms with E-state index in [9.17, 15) is 0 Å². The van der Waals surface area contributed by atoms with Gasteiger partial charge in [-0.25, -0.2) is 4.68 Å². The molecule has 4 nitrogen and oxygen atoms in total. The summed E-state index contributed by atoms with van der Waals surface area (Å²) < 4.78 is 7.40. The molecule has 0 aliphatic heterocycles. The fourth-order valence-electron chi connectivity index (χ4n) is 2.26. The van der Waals surface area contributed by atoms with Gasteiger partial charge >= 0.3 is 0 Å². The number of aryl methyl sites for hydroxylation is 1. The monoisotopic (exact) mass is 379 g/mol. The second-order valence-corrected chi connectivity index (χ2v) is 6.84. The van der Waals surface area contributed by atoms with Gasteiger partial charge in [-0.05, 0) is 44.2 Å². The van der Waals surface area contributed by atoms with E-state index in [0.29, 0.717) is 10.0 Å². The van der Waals surface area contributed by atoms with Gasteiger partial charge in [0.15, 0.2) is 0 Å². The number of furan rings is 1. The predicted molar refractivity (Wildman–Crippen MR) is 100 cm³/mol. The quantitative estimate of drug-likeness (QED) is 0.574. The molecule has 0 saturated carbocycles. The molecule has 0 fully saturated rings. The van der Waals surface area contributed by atoms with Gasteiger partial charge in [0, 0.05) is 23.0 Å². The Morgan fingerprint density at radius 3 is 2.67 bits per heavy atom. The van der Waals surface area contributed by atoms with E-state index in [1.54, 1.807) is 23.9 Å². The van der Waals surface area contributed by atoms with Crippen LogP contribution in [-0.4, -0.2) is 17.4 Å². The molecule has 0 spiro atoms. The summed E-state index contributed by atoms with van der Waals surface area (Å²) in [6, 6.07) is 9.16. The van der Waals surface area contributed by atoms with Crippen molar-refractivity contribution in [1.29, 1.82) is 0 Å². The van der Waals surface area contributed by atoms with E-state index in [2.05, 4.69) is 10.1 Å². The van der Waals surface area contributed by atoms with E-state index in [-0.39, 0.29) is 0 Å². The van der Waals surface area contributed by atoms with Crippen LogP contribution in [0, 0.1) is 6.92 Å². The maximum atomic E-state index is 6.35. The van der Waals surface area contributed by atoms with Crippen molar-refractivity contribution in [2.75, 3.05) is 7.05 Å². The molecule has 0 N–H and O–H groups in total. The van der Waals surface area contributed by atoms with Crippen LogP contribution in [0.25, 0.3) is 11.3 Å². The Balaban J connectivity index is 2.18. The van der Waals surface area contributed by atoms with Crippen LogP contribution < -0.4 is 4.80 Å². The van der Waals surface area contributed by atoms with Gasteiger partial charge in [-0.3, -0.25) is 4.99 Å². The summed E-state index contributed by atoms with van der Waals surface area (Å²) in [6.07, 6.45) is 0. The molecule has 7 heteroatoms. The van der Waals surface area contributed by atoms with E-state index < -0.39 is 0 Å². The molecular weight excluding hydrogens is 365 g/mol. The SMILES string of the molecule is CN=c1scc(-c2cc(Cl)ccc2Cl)n1N=C(C)c1ccc(C)o1. The highest BCUT2D eigenvalue weighted by Gasteiger charge is 2.13. The van der Waals surface area contributed by atoms with Crippen molar-refractivity contribution < 1.29 is 4.42 Å². The Labute approximate surface area is 153 Å². The van der Waals surface area contributed by atoms with Crippen molar-refractivity contribution in [2.24, 2.45) is 10.1 Å². The third-order valence-corrected chi connectivity index (χ3v) is 4.90. The maximum absolute atomic E-state index is 6.35. The molecule has 0 saturated heterocycles.